The lowest BCUT2D eigenvalue weighted by atomic mass is 10.1. The highest BCUT2D eigenvalue weighted by atomic mass is 32.2. The predicted octanol–water partition coefficient (Wildman–Crippen LogP) is 3.39. The number of hydrogen-bond donors (Lipinski definition) is 2. The van der Waals surface area contributed by atoms with Crippen LogP contribution in [0, 0.1) is 13.8 Å². The first-order valence-corrected chi connectivity index (χ1v) is 10.4. The highest BCUT2D eigenvalue weighted by molar-refractivity contribution is 7.89. The van der Waals surface area contributed by atoms with Crippen LogP contribution < -0.4 is 14.8 Å². The summed E-state index contributed by atoms with van der Waals surface area (Å²) in [7, 11) is -3.75. The number of sulfonamides is 1. The molecule has 2 aromatic carbocycles. The number of carbonyl (C=O) groups is 1. The molecule has 29 heavy (non-hydrogen) atoms. The summed E-state index contributed by atoms with van der Waals surface area (Å²) in [6.07, 6.45) is 1.47. The van der Waals surface area contributed by atoms with Crippen molar-refractivity contribution in [1.82, 2.24) is 4.72 Å². The van der Waals surface area contributed by atoms with E-state index in [0.29, 0.717) is 17.2 Å². The van der Waals surface area contributed by atoms with Gasteiger partial charge < -0.3 is 14.5 Å². The maximum atomic E-state index is 12.5. The molecule has 0 saturated heterocycles. The van der Waals surface area contributed by atoms with Crippen LogP contribution in [-0.2, 0) is 21.4 Å². The molecule has 0 fully saturated rings. The van der Waals surface area contributed by atoms with Crippen molar-refractivity contribution in [2.75, 3.05) is 11.9 Å². The molecular weight excluding hydrogens is 392 g/mol. The zero-order valence-corrected chi connectivity index (χ0v) is 17.0. The van der Waals surface area contributed by atoms with Gasteiger partial charge >= 0.3 is 0 Å². The molecule has 7 nitrogen and oxygen atoms in total. The van der Waals surface area contributed by atoms with Gasteiger partial charge in [0.25, 0.3) is 5.91 Å². The molecule has 0 unspecified atom stereocenters. The van der Waals surface area contributed by atoms with Crippen LogP contribution in [0.4, 0.5) is 5.69 Å². The Kier molecular flexibility index (Phi) is 6.36. The van der Waals surface area contributed by atoms with Crippen LogP contribution in [0.1, 0.15) is 16.9 Å². The Morgan fingerprint density at radius 3 is 2.45 bits per heavy atom. The average molecular weight is 414 g/mol. The first-order chi connectivity index (χ1) is 13.8. The van der Waals surface area contributed by atoms with Crippen molar-refractivity contribution in [3.8, 4) is 5.75 Å². The summed E-state index contributed by atoms with van der Waals surface area (Å²) < 4.78 is 38.1. The second-order valence-corrected chi connectivity index (χ2v) is 8.26. The Balaban J connectivity index is 1.62. The van der Waals surface area contributed by atoms with Gasteiger partial charge in [0.15, 0.2) is 6.61 Å². The van der Waals surface area contributed by atoms with Gasteiger partial charge in [-0.25, -0.2) is 13.1 Å². The molecule has 0 aliphatic rings. The van der Waals surface area contributed by atoms with E-state index >= 15 is 0 Å². The maximum absolute atomic E-state index is 12.5. The summed E-state index contributed by atoms with van der Waals surface area (Å²) in [5.41, 5.74) is 2.24. The standard InChI is InChI=1S/C21H22N2O5S/c1-15-6-3-7-16(2)21(15)28-14-20(24)23-17-8-4-10-19(12-17)29(25,26)22-13-18-9-5-11-27-18/h3-12,22H,13-14H2,1-2H3,(H,23,24). The minimum atomic E-state index is -3.75. The summed E-state index contributed by atoms with van der Waals surface area (Å²) in [6, 6.07) is 15.1. The number of carbonyl (C=O) groups excluding carboxylic acids is 1. The van der Waals surface area contributed by atoms with Gasteiger partial charge in [0.05, 0.1) is 17.7 Å². The predicted molar refractivity (Wildman–Crippen MR) is 109 cm³/mol. The van der Waals surface area contributed by atoms with Crippen LogP contribution in [-0.4, -0.2) is 20.9 Å². The Bertz CT molecular complexity index is 1070. The van der Waals surface area contributed by atoms with E-state index < -0.39 is 10.0 Å². The summed E-state index contributed by atoms with van der Waals surface area (Å²) in [5, 5.41) is 2.66. The smallest absolute Gasteiger partial charge is 0.262 e. The van der Waals surface area contributed by atoms with Crippen LogP contribution in [0.3, 0.4) is 0 Å². The third-order valence-electron chi connectivity index (χ3n) is 4.20. The zero-order chi connectivity index (χ0) is 20.9. The van der Waals surface area contributed by atoms with Crippen molar-refractivity contribution in [1.29, 1.82) is 0 Å². The number of hydrogen-bond acceptors (Lipinski definition) is 5. The summed E-state index contributed by atoms with van der Waals surface area (Å²) in [4.78, 5) is 12.3. The number of ether oxygens (including phenoxy) is 1. The molecule has 0 atom stereocenters. The largest absolute Gasteiger partial charge is 0.483 e. The van der Waals surface area contributed by atoms with E-state index in [9.17, 15) is 13.2 Å². The molecule has 3 rings (SSSR count). The molecule has 1 aromatic heterocycles. The van der Waals surface area contributed by atoms with Gasteiger partial charge in [0, 0.05) is 5.69 Å². The Hall–Kier alpha value is -3.10. The van der Waals surface area contributed by atoms with Gasteiger partial charge in [-0.2, -0.15) is 0 Å². The maximum Gasteiger partial charge on any atom is 0.262 e. The van der Waals surface area contributed by atoms with Gasteiger partial charge in [-0.3, -0.25) is 4.79 Å². The van der Waals surface area contributed by atoms with Crippen LogP contribution >= 0.6 is 0 Å². The second-order valence-electron chi connectivity index (χ2n) is 6.49. The number of rotatable bonds is 8. The molecule has 0 bridgehead atoms. The third kappa shape index (κ3) is 5.46. The quantitative estimate of drug-likeness (QED) is 0.589. The van der Waals surface area contributed by atoms with E-state index in [1.807, 2.05) is 32.0 Å². The van der Waals surface area contributed by atoms with Crippen molar-refractivity contribution in [3.63, 3.8) is 0 Å². The first-order valence-electron chi connectivity index (χ1n) is 8.96. The monoisotopic (exact) mass is 414 g/mol. The van der Waals surface area contributed by atoms with Crippen molar-refractivity contribution in [3.05, 3.63) is 77.7 Å². The molecule has 0 saturated carbocycles. The van der Waals surface area contributed by atoms with E-state index in [0.717, 1.165) is 11.1 Å². The molecule has 1 heterocycles. The molecular formula is C21H22N2O5S. The minimum Gasteiger partial charge on any atom is -0.483 e. The third-order valence-corrected chi connectivity index (χ3v) is 5.60. The van der Waals surface area contributed by atoms with Gasteiger partial charge in [-0.15, -0.1) is 0 Å². The SMILES string of the molecule is Cc1cccc(C)c1OCC(=O)Nc1cccc(S(=O)(=O)NCc2ccco2)c1. The lowest BCUT2D eigenvalue weighted by Crippen LogP contribution is -2.24. The molecule has 2 N–H and O–H groups in total. The summed E-state index contributed by atoms with van der Waals surface area (Å²) >= 11 is 0. The molecule has 152 valence electrons. The summed E-state index contributed by atoms with van der Waals surface area (Å²) in [5.74, 6) is 0.786. The van der Waals surface area contributed by atoms with Crippen molar-refractivity contribution in [2.24, 2.45) is 0 Å². The molecule has 0 aliphatic heterocycles. The normalized spacial score (nSPS) is 11.2. The Morgan fingerprint density at radius 1 is 1.03 bits per heavy atom. The van der Waals surface area contributed by atoms with E-state index in [1.165, 1.54) is 18.4 Å². The number of para-hydroxylation sites is 1. The number of aryl methyl sites for hydroxylation is 2. The van der Waals surface area contributed by atoms with Gasteiger partial charge in [0.1, 0.15) is 11.5 Å². The molecule has 8 heteroatoms. The number of nitrogens with one attached hydrogen (secondary N) is 2. The van der Waals surface area contributed by atoms with Crippen LogP contribution in [0.5, 0.6) is 5.75 Å². The lowest BCUT2D eigenvalue weighted by molar-refractivity contribution is -0.118. The summed E-state index contributed by atoms with van der Waals surface area (Å²) in [6.45, 7) is 3.67. The fourth-order valence-corrected chi connectivity index (χ4v) is 3.80. The topological polar surface area (TPSA) is 97.6 Å². The Labute approximate surface area is 169 Å². The van der Waals surface area contributed by atoms with Crippen LogP contribution in [0.2, 0.25) is 0 Å². The first kappa shape index (κ1) is 20.6. The van der Waals surface area contributed by atoms with Gasteiger partial charge in [0.2, 0.25) is 10.0 Å². The molecule has 0 aliphatic carbocycles. The Morgan fingerprint density at radius 2 is 1.76 bits per heavy atom. The van der Waals surface area contributed by atoms with Crippen molar-refractivity contribution in [2.45, 2.75) is 25.3 Å². The second kappa shape index (κ2) is 8.93. The molecule has 0 radical (unpaired) electrons. The van der Waals surface area contributed by atoms with E-state index in [-0.39, 0.29) is 24.0 Å². The average Bonchev–Trinajstić information content (AvgIpc) is 3.20. The minimum absolute atomic E-state index is 0.0372. The molecule has 0 spiro atoms. The number of furan rings is 1. The fraction of sp³-hybridized carbons (Fsp3) is 0.190. The zero-order valence-electron chi connectivity index (χ0n) is 16.1. The highest BCUT2D eigenvalue weighted by Crippen LogP contribution is 2.22. The van der Waals surface area contributed by atoms with Crippen molar-refractivity contribution >= 4 is 21.6 Å². The van der Waals surface area contributed by atoms with Crippen LogP contribution in [0.25, 0.3) is 0 Å². The lowest BCUT2D eigenvalue weighted by Gasteiger charge is -2.12. The fourth-order valence-electron chi connectivity index (χ4n) is 2.77. The number of amides is 1. The van der Waals surface area contributed by atoms with Gasteiger partial charge in [-0.05, 0) is 55.3 Å². The molecule has 3 aromatic rings. The van der Waals surface area contributed by atoms with Crippen LogP contribution in [0.15, 0.2) is 70.2 Å². The van der Waals surface area contributed by atoms with E-state index in [2.05, 4.69) is 10.0 Å². The van der Waals surface area contributed by atoms with Crippen molar-refractivity contribution < 1.29 is 22.4 Å². The van der Waals surface area contributed by atoms with E-state index in [4.69, 9.17) is 9.15 Å². The highest BCUT2D eigenvalue weighted by Gasteiger charge is 2.16. The van der Waals surface area contributed by atoms with Gasteiger partial charge in [-0.1, -0.05) is 24.3 Å². The van der Waals surface area contributed by atoms with E-state index in [1.54, 1.807) is 24.3 Å². The number of benzene rings is 2. The molecule has 1 amide bonds. The number of anilines is 1.